The Hall–Kier alpha value is -1.59. The maximum atomic E-state index is 11.8. The molecular formula is C18H29N3O2. The molecule has 1 heterocycles. The first-order valence-electron chi connectivity index (χ1n) is 8.72. The fraction of sp³-hybridized carbons (Fsp3) is 0.611. The lowest BCUT2D eigenvalue weighted by molar-refractivity contribution is -0.121. The van der Waals surface area contributed by atoms with Crippen molar-refractivity contribution < 1.29 is 9.90 Å². The van der Waals surface area contributed by atoms with Crippen LogP contribution in [-0.4, -0.2) is 55.2 Å². The molecular weight excluding hydrogens is 290 g/mol. The molecule has 1 aliphatic rings. The van der Waals surface area contributed by atoms with Crippen molar-refractivity contribution in [2.75, 3.05) is 39.3 Å². The van der Waals surface area contributed by atoms with E-state index in [0.717, 1.165) is 57.5 Å². The van der Waals surface area contributed by atoms with Gasteiger partial charge in [-0.15, -0.1) is 0 Å². The van der Waals surface area contributed by atoms with Gasteiger partial charge in [0.1, 0.15) is 5.75 Å². The van der Waals surface area contributed by atoms with Crippen molar-refractivity contribution in [2.24, 2.45) is 0 Å². The van der Waals surface area contributed by atoms with Gasteiger partial charge >= 0.3 is 0 Å². The van der Waals surface area contributed by atoms with Gasteiger partial charge in [0.25, 0.3) is 0 Å². The van der Waals surface area contributed by atoms with E-state index in [0.29, 0.717) is 13.0 Å². The van der Waals surface area contributed by atoms with Gasteiger partial charge in [-0.2, -0.15) is 0 Å². The van der Waals surface area contributed by atoms with Crippen LogP contribution in [0.5, 0.6) is 5.75 Å². The van der Waals surface area contributed by atoms with Crippen LogP contribution in [0.15, 0.2) is 24.3 Å². The number of nitrogens with zero attached hydrogens (tertiary/aromatic N) is 1. The highest BCUT2D eigenvalue weighted by Crippen LogP contribution is 2.09. The second-order valence-electron chi connectivity index (χ2n) is 6.17. The summed E-state index contributed by atoms with van der Waals surface area (Å²) >= 11 is 0. The Bertz CT molecular complexity index is 456. The highest BCUT2D eigenvalue weighted by atomic mass is 16.3. The lowest BCUT2D eigenvalue weighted by atomic mass is 10.1. The van der Waals surface area contributed by atoms with Crippen LogP contribution >= 0.6 is 0 Å². The number of aromatic hydroxyl groups is 1. The lowest BCUT2D eigenvalue weighted by Gasteiger charge is -2.26. The molecule has 1 fully saturated rings. The number of benzene rings is 1. The Morgan fingerprint density at radius 2 is 1.87 bits per heavy atom. The summed E-state index contributed by atoms with van der Waals surface area (Å²) in [6, 6.07) is 7.13. The van der Waals surface area contributed by atoms with E-state index in [4.69, 9.17) is 0 Å². The maximum absolute atomic E-state index is 11.8. The molecule has 0 spiro atoms. The van der Waals surface area contributed by atoms with Gasteiger partial charge in [-0.3, -0.25) is 4.79 Å². The number of piperazine rings is 1. The summed E-state index contributed by atoms with van der Waals surface area (Å²) in [6.45, 7) is 6.32. The number of hydrogen-bond donors (Lipinski definition) is 3. The van der Waals surface area contributed by atoms with Crippen molar-refractivity contribution in [3.05, 3.63) is 29.8 Å². The van der Waals surface area contributed by atoms with E-state index in [2.05, 4.69) is 15.5 Å². The lowest BCUT2D eigenvalue weighted by Crippen LogP contribution is -2.43. The Morgan fingerprint density at radius 3 is 2.61 bits per heavy atom. The Morgan fingerprint density at radius 1 is 1.13 bits per heavy atom. The van der Waals surface area contributed by atoms with Gasteiger partial charge in [0.2, 0.25) is 5.91 Å². The topological polar surface area (TPSA) is 64.6 Å². The quantitative estimate of drug-likeness (QED) is 0.604. The minimum Gasteiger partial charge on any atom is -0.508 e. The first-order chi connectivity index (χ1) is 11.2. The van der Waals surface area contributed by atoms with Crippen molar-refractivity contribution in [1.82, 2.24) is 15.5 Å². The van der Waals surface area contributed by atoms with E-state index in [1.807, 2.05) is 12.1 Å². The second-order valence-corrected chi connectivity index (χ2v) is 6.17. The number of nitrogens with one attached hydrogen (secondary N) is 2. The van der Waals surface area contributed by atoms with Crippen LogP contribution in [-0.2, 0) is 11.2 Å². The van der Waals surface area contributed by atoms with Crippen LogP contribution in [0.4, 0.5) is 0 Å². The Labute approximate surface area is 139 Å². The minimum atomic E-state index is 0.144. The predicted molar refractivity (Wildman–Crippen MR) is 92.6 cm³/mol. The molecule has 0 aliphatic carbocycles. The van der Waals surface area contributed by atoms with Crippen molar-refractivity contribution >= 4 is 5.91 Å². The number of hydrogen-bond acceptors (Lipinski definition) is 4. The first kappa shape index (κ1) is 17.8. The van der Waals surface area contributed by atoms with Crippen molar-refractivity contribution in [1.29, 1.82) is 0 Å². The fourth-order valence-electron chi connectivity index (χ4n) is 2.83. The fourth-order valence-corrected chi connectivity index (χ4v) is 2.83. The van der Waals surface area contributed by atoms with Crippen molar-refractivity contribution in [3.8, 4) is 5.75 Å². The minimum absolute atomic E-state index is 0.144. The highest BCUT2D eigenvalue weighted by molar-refractivity contribution is 5.75. The summed E-state index contributed by atoms with van der Waals surface area (Å²) in [6.07, 6.45) is 4.69. The molecule has 0 unspecified atom stereocenters. The summed E-state index contributed by atoms with van der Waals surface area (Å²) in [5, 5.41) is 15.5. The normalized spacial score (nSPS) is 15.5. The van der Waals surface area contributed by atoms with Crippen LogP contribution in [0, 0.1) is 0 Å². The molecule has 2 rings (SSSR count). The first-order valence-corrected chi connectivity index (χ1v) is 8.72. The molecule has 128 valence electrons. The summed E-state index contributed by atoms with van der Waals surface area (Å²) in [5.41, 5.74) is 1.12. The Kier molecular flexibility index (Phi) is 7.90. The second kappa shape index (κ2) is 10.2. The van der Waals surface area contributed by atoms with Gasteiger partial charge in [0.05, 0.1) is 0 Å². The third-order valence-electron chi connectivity index (χ3n) is 4.26. The standard InChI is InChI=1S/C18H29N3O2/c22-17-7-5-16(6-8-17)9-10-20-18(23)4-2-1-3-13-21-14-11-19-12-15-21/h5-8,19,22H,1-4,9-15H2,(H,20,23). The molecule has 0 radical (unpaired) electrons. The number of phenols is 1. The van der Waals surface area contributed by atoms with Gasteiger partial charge < -0.3 is 20.6 Å². The summed E-state index contributed by atoms with van der Waals surface area (Å²) in [5.74, 6) is 0.421. The molecule has 1 aromatic rings. The molecule has 0 aromatic heterocycles. The van der Waals surface area contributed by atoms with Crippen LogP contribution < -0.4 is 10.6 Å². The van der Waals surface area contributed by atoms with E-state index >= 15 is 0 Å². The molecule has 23 heavy (non-hydrogen) atoms. The van der Waals surface area contributed by atoms with Gasteiger partial charge in [0, 0.05) is 39.1 Å². The van der Waals surface area contributed by atoms with Crippen LogP contribution in [0.25, 0.3) is 0 Å². The average molecular weight is 319 g/mol. The molecule has 3 N–H and O–H groups in total. The van der Waals surface area contributed by atoms with Gasteiger partial charge in [-0.1, -0.05) is 18.6 Å². The summed E-state index contributed by atoms with van der Waals surface area (Å²) < 4.78 is 0. The van der Waals surface area contributed by atoms with E-state index in [1.165, 1.54) is 6.42 Å². The third kappa shape index (κ3) is 7.48. The summed E-state index contributed by atoms with van der Waals surface area (Å²) in [7, 11) is 0. The summed E-state index contributed by atoms with van der Waals surface area (Å²) in [4.78, 5) is 14.3. The number of carbonyl (C=O) groups is 1. The van der Waals surface area contributed by atoms with Gasteiger partial charge in [-0.25, -0.2) is 0 Å². The smallest absolute Gasteiger partial charge is 0.220 e. The van der Waals surface area contributed by atoms with Crippen LogP contribution in [0.3, 0.4) is 0 Å². The number of rotatable bonds is 9. The van der Waals surface area contributed by atoms with E-state index in [-0.39, 0.29) is 11.7 Å². The number of carbonyl (C=O) groups excluding carboxylic acids is 1. The van der Waals surface area contributed by atoms with E-state index < -0.39 is 0 Å². The molecule has 1 amide bonds. The van der Waals surface area contributed by atoms with E-state index in [9.17, 15) is 9.90 Å². The highest BCUT2D eigenvalue weighted by Gasteiger charge is 2.08. The number of phenolic OH excluding ortho intramolecular Hbond substituents is 1. The largest absolute Gasteiger partial charge is 0.508 e. The van der Waals surface area contributed by atoms with Crippen LogP contribution in [0.2, 0.25) is 0 Å². The molecule has 0 saturated carbocycles. The zero-order valence-corrected chi connectivity index (χ0v) is 13.9. The molecule has 5 nitrogen and oxygen atoms in total. The number of amides is 1. The zero-order chi connectivity index (χ0) is 16.3. The van der Waals surface area contributed by atoms with Crippen LogP contribution in [0.1, 0.15) is 31.2 Å². The zero-order valence-electron chi connectivity index (χ0n) is 13.9. The molecule has 0 bridgehead atoms. The third-order valence-corrected chi connectivity index (χ3v) is 4.26. The molecule has 1 aliphatic heterocycles. The maximum Gasteiger partial charge on any atom is 0.220 e. The molecule has 1 aromatic carbocycles. The predicted octanol–water partition coefficient (Wildman–Crippen LogP) is 1.52. The van der Waals surface area contributed by atoms with Crippen molar-refractivity contribution in [3.63, 3.8) is 0 Å². The van der Waals surface area contributed by atoms with Gasteiger partial charge in [0.15, 0.2) is 0 Å². The monoisotopic (exact) mass is 319 g/mol. The molecule has 1 saturated heterocycles. The Balaban J connectivity index is 1.46. The van der Waals surface area contributed by atoms with E-state index in [1.54, 1.807) is 12.1 Å². The van der Waals surface area contributed by atoms with Crippen molar-refractivity contribution in [2.45, 2.75) is 32.1 Å². The molecule has 0 atom stereocenters. The molecule has 5 heteroatoms. The van der Waals surface area contributed by atoms with Gasteiger partial charge in [-0.05, 0) is 43.5 Å². The number of unbranched alkanes of at least 4 members (excludes halogenated alkanes) is 2. The SMILES string of the molecule is O=C(CCCCCN1CCNCC1)NCCc1ccc(O)cc1. The average Bonchev–Trinajstić information content (AvgIpc) is 2.57.